The third kappa shape index (κ3) is 3.10. The summed E-state index contributed by atoms with van der Waals surface area (Å²) in [6, 6.07) is 5.52. The van der Waals surface area contributed by atoms with Gasteiger partial charge in [0.1, 0.15) is 0 Å². The van der Waals surface area contributed by atoms with Gasteiger partial charge in [-0.2, -0.15) is 22.0 Å². The number of benzene rings is 1. The third-order valence-electron chi connectivity index (χ3n) is 3.28. The number of nitrogens with zero attached hydrogens (tertiary/aromatic N) is 1. The van der Waals surface area contributed by atoms with Gasteiger partial charge in [0.15, 0.2) is 0 Å². The molecule has 4 nitrogen and oxygen atoms in total. The lowest BCUT2D eigenvalue weighted by Gasteiger charge is -2.18. The molecule has 24 heavy (non-hydrogen) atoms. The number of alkyl halides is 5. The number of ether oxygens (including phenoxy) is 1. The van der Waals surface area contributed by atoms with Crippen LogP contribution >= 0.6 is 0 Å². The highest BCUT2D eigenvalue weighted by molar-refractivity contribution is 5.98. The monoisotopic (exact) mass is 349 g/mol. The Kier molecular flexibility index (Phi) is 4.63. The second-order valence-electron chi connectivity index (χ2n) is 4.90. The molecule has 2 rings (SSSR count). The average molecular weight is 349 g/mol. The van der Waals surface area contributed by atoms with Crippen molar-refractivity contribution in [3.8, 4) is 0 Å². The molecule has 130 valence electrons. The molecule has 2 aromatic rings. The van der Waals surface area contributed by atoms with Gasteiger partial charge in [-0.25, -0.2) is 0 Å². The summed E-state index contributed by atoms with van der Waals surface area (Å²) in [5.74, 6) is -8.66. The molecule has 0 bridgehead atoms. The van der Waals surface area contributed by atoms with Gasteiger partial charge in [0.2, 0.25) is 0 Å². The van der Waals surface area contributed by atoms with Crippen LogP contribution in [0.3, 0.4) is 0 Å². The smallest absolute Gasteiger partial charge is 0.463 e. The van der Waals surface area contributed by atoms with Gasteiger partial charge in [-0.3, -0.25) is 14.2 Å². The Morgan fingerprint density at radius 2 is 1.75 bits per heavy atom. The Balaban J connectivity index is 2.52. The van der Waals surface area contributed by atoms with Gasteiger partial charge in [0, 0.05) is 11.6 Å². The van der Waals surface area contributed by atoms with Crippen LogP contribution in [0.2, 0.25) is 0 Å². The maximum absolute atomic E-state index is 13.3. The third-order valence-corrected chi connectivity index (χ3v) is 3.28. The Morgan fingerprint density at radius 1 is 1.12 bits per heavy atom. The molecule has 0 saturated carbocycles. The highest BCUT2D eigenvalue weighted by Gasteiger charge is 2.64. The number of para-hydroxylation sites is 1. The molecule has 0 saturated heterocycles. The number of carbonyl (C=O) groups is 2. The van der Waals surface area contributed by atoms with Gasteiger partial charge in [-0.15, -0.1) is 0 Å². The zero-order valence-corrected chi connectivity index (χ0v) is 12.4. The fourth-order valence-corrected chi connectivity index (χ4v) is 2.20. The number of fused-ring (bicyclic) bond motifs is 1. The van der Waals surface area contributed by atoms with Crippen LogP contribution in [0.1, 0.15) is 17.3 Å². The van der Waals surface area contributed by atoms with E-state index in [9.17, 15) is 31.5 Å². The van der Waals surface area contributed by atoms with Crippen molar-refractivity contribution in [2.45, 2.75) is 25.4 Å². The fourth-order valence-electron chi connectivity index (χ4n) is 2.20. The number of rotatable bonds is 4. The van der Waals surface area contributed by atoms with E-state index < -0.39 is 24.0 Å². The first-order chi connectivity index (χ1) is 11.1. The summed E-state index contributed by atoms with van der Waals surface area (Å²) in [7, 11) is 0. The molecule has 0 aliphatic heterocycles. The Bertz CT molecular complexity index is 779. The lowest BCUT2D eigenvalue weighted by molar-refractivity contribution is -0.257. The van der Waals surface area contributed by atoms with Gasteiger partial charge < -0.3 is 4.74 Å². The molecule has 9 heteroatoms. The number of esters is 1. The first kappa shape index (κ1) is 17.9. The van der Waals surface area contributed by atoms with Crippen molar-refractivity contribution < 1.29 is 36.3 Å². The van der Waals surface area contributed by atoms with E-state index in [1.807, 2.05) is 0 Å². The van der Waals surface area contributed by atoms with Crippen LogP contribution in [-0.2, 0) is 16.0 Å². The van der Waals surface area contributed by atoms with Crippen molar-refractivity contribution in [3.63, 3.8) is 0 Å². The van der Waals surface area contributed by atoms with E-state index in [0.29, 0.717) is 0 Å². The standard InChI is InChI=1S/C15H12F5NO3/c1-2-24-12(22)7-9-8-21(11-6-4-3-5-10(9)11)13(23)14(16,17)15(18,19)20/h3-6,8H,2,7H2,1H3. The van der Waals surface area contributed by atoms with Gasteiger partial charge in [-0.1, -0.05) is 18.2 Å². The summed E-state index contributed by atoms with van der Waals surface area (Å²) >= 11 is 0. The van der Waals surface area contributed by atoms with Crippen molar-refractivity contribution in [3.05, 3.63) is 36.0 Å². The second kappa shape index (κ2) is 6.21. The Hall–Kier alpha value is -2.45. The first-order valence-corrected chi connectivity index (χ1v) is 6.83. The summed E-state index contributed by atoms with van der Waals surface area (Å²) in [5, 5.41) is 0.219. The summed E-state index contributed by atoms with van der Waals surface area (Å²) in [5.41, 5.74) is -0.0268. The molecule has 0 spiro atoms. The molecule has 0 radical (unpaired) electrons. The predicted octanol–water partition coefficient (Wildman–Crippen LogP) is 3.58. The van der Waals surface area contributed by atoms with Gasteiger partial charge in [-0.05, 0) is 18.6 Å². The zero-order chi connectivity index (χ0) is 18.1. The molecular formula is C15H12F5NO3. The molecule has 0 aliphatic carbocycles. The lowest BCUT2D eigenvalue weighted by atomic mass is 10.1. The molecule has 1 aromatic carbocycles. The maximum Gasteiger partial charge on any atom is 0.463 e. The number of carbonyl (C=O) groups excluding carboxylic acids is 2. The van der Waals surface area contributed by atoms with Crippen molar-refractivity contribution in [2.75, 3.05) is 6.61 Å². The van der Waals surface area contributed by atoms with Crippen LogP contribution < -0.4 is 0 Å². The van der Waals surface area contributed by atoms with Crippen LogP contribution in [0, 0.1) is 0 Å². The quantitative estimate of drug-likeness (QED) is 0.626. The van der Waals surface area contributed by atoms with E-state index in [2.05, 4.69) is 0 Å². The summed E-state index contributed by atoms with van der Waals surface area (Å²) in [4.78, 5) is 23.3. The number of aromatic nitrogens is 1. The van der Waals surface area contributed by atoms with Crippen LogP contribution in [0.25, 0.3) is 10.9 Å². The van der Waals surface area contributed by atoms with Crippen molar-refractivity contribution in [2.24, 2.45) is 0 Å². The number of halogens is 5. The fraction of sp³-hybridized carbons (Fsp3) is 0.333. The second-order valence-corrected chi connectivity index (χ2v) is 4.90. The minimum Gasteiger partial charge on any atom is -0.466 e. The van der Waals surface area contributed by atoms with Crippen LogP contribution in [-0.4, -0.2) is 35.1 Å². The molecule has 1 heterocycles. The number of hydrogen-bond donors (Lipinski definition) is 0. The van der Waals surface area contributed by atoms with E-state index >= 15 is 0 Å². The highest BCUT2D eigenvalue weighted by Crippen LogP contribution is 2.37. The maximum atomic E-state index is 13.3. The zero-order valence-electron chi connectivity index (χ0n) is 12.4. The average Bonchev–Trinajstić information content (AvgIpc) is 2.84. The van der Waals surface area contributed by atoms with E-state index in [-0.39, 0.29) is 34.1 Å². The molecule has 0 atom stereocenters. The van der Waals surface area contributed by atoms with Crippen LogP contribution in [0.15, 0.2) is 30.5 Å². The largest absolute Gasteiger partial charge is 0.466 e. The molecule has 0 unspecified atom stereocenters. The summed E-state index contributed by atoms with van der Waals surface area (Å²) in [6.45, 7) is 1.65. The number of hydrogen-bond acceptors (Lipinski definition) is 3. The lowest BCUT2D eigenvalue weighted by Crippen LogP contribution is -2.46. The van der Waals surface area contributed by atoms with Gasteiger partial charge >= 0.3 is 24.0 Å². The van der Waals surface area contributed by atoms with E-state index in [1.54, 1.807) is 6.92 Å². The molecule has 0 N–H and O–H groups in total. The molecular weight excluding hydrogens is 337 g/mol. The normalized spacial score (nSPS) is 12.4. The molecule has 1 aromatic heterocycles. The first-order valence-electron chi connectivity index (χ1n) is 6.83. The summed E-state index contributed by atoms with van der Waals surface area (Å²) < 4.78 is 68.9. The minimum absolute atomic E-state index is 0.0859. The Labute approximate surface area is 132 Å². The highest BCUT2D eigenvalue weighted by atomic mass is 19.4. The van der Waals surface area contributed by atoms with Gasteiger partial charge in [0.25, 0.3) is 0 Å². The van der Waals surface area contributed by atoms with Gasteiger partial charge in [0.05, 0.1) is 18.5 Å². The SMILES string of the molecule is CCOC(=O)Cc1cn(C(=O)C(F)(F)C(F)(F)F)c2ccccc12. The van der Waals surface area contributed by atoms with Crippen molar-refractivity contribution in [1.29, 1.82) is 0 Å². The van der Waals surface area contributed by atoms with E-state index in [4.69, 9.17) is 4.74 Å². The van der Waals surface area contributed by atoms with E-state index in [0.717, 1.165) is 6.20 Å². The van der Waals surface area contributed by atoms with Crippen LogP contribution in [0.4, 0.5) is 22.0 Å². The van der Waals surface area contributed by atoms with Crippen LogP contribution in [0.5, 0.6) is 0 Å². The molecule has 0 amide bonds. The predicted molar refractivity (Wildman–Crippen MR) is 73.9 cm³/mol. The Morgan fingerprint density at radius 3 is 2.33 bits per heavy atom. The summed E-state index contributed by atoms with van der Waals surface area (Å²) in [6.07, 6.45) is -5.56. The molecule has 0 aliphatic rings. The topological polar surface area (TPSA) is 48.3 Å². The van der Waals surface area contributed by atoms with Crippen molar-refractivity contribution >= 4 is 22.8 Å². The van der Waals surface area contributed by atoms with Crippen molar-refractivity contribution in [1.82, 2.24) is 4.57 Å². The van der Waals surface area contributed by atoms with E-state index in [1.165, 1.54) is 24.3 Å². The minimum atomic E-state index is -6.02. The molecule has 0 fully saturated rings.